The number of nitrogens with one attached hydrogen (secondary N) is 2. The zero-order valence-electron chi connectivity index (χ0n) is 16.1. The highest BCUT2D eigenvalue weighted by molar-refractivity contribution is 5.94. The van der Waals surface area contributed by atoms with Crippen molar-refractivity contribution in [1.82, 2.24) is 5.32 Å². The van der Waals surface area contributed by atoms with E-state index >= 15 is 0 Å². The summed E-state index contributed by atoms with van der Waals surface area (Å²) in [6.07, 6.45) is 0.969. The lowest BCUT2D eigenvalue weighted by atomic mass is 9.93. The fourth-order valence-corrected chi connectivity index (χ4v) is 3.16. The highest BCUT2D eigenvalue weighted by Gasteiger charge is 2.20. The van der Waals surface area contributed by atoms with Crippen molar-refractivity contribution >= 4 is 11.6 Å². The number of rotatable bonds is 6. The number of hydrogen-bond acceptors (Lipinski definition) is 4. The molecule has 0 saturated carbocycles. The Morgan fingerprint density at radius 2 is 1.96 bits per heavy atom. The van der Waals surface area contributed by atoms with Crippen molar-refractivity contribution in [3.8, 4) is 17.2 Å². The molecule has 0 saturated heterocycles. The van der Waals surface area contributed by atoms with E-state index in [0.29, 0.717) is 24.0 Å². The topological polar surface area (TPSA) is 64.1 Å². The molecular formula is C21H27N3O3. The number of guanidine groups is 1. The Bertz CT molecular complexity index is 792. The average molecular weight is 369 g/mol. The van der Waals surface area contributed by atoms with E-state index in [1.54, 1.807) is 14.2 Å². The lowest BCUT2D eigenvalue weighted by Crippen LogP contribution is -2.31. The molecule has 6 nitrogen and oxygen atoms in total. The monoisotopic (exact) mass is 369 g/mol. The smallest absolute Gasteiger partial charge is 0.195 e. The van der Waals surface area contributed by atoms with Crippen molar-refractivity contribution in [2.45, 2.75) is 19.3 Å². The van der Waals surface area contributed by atoms with Crippen LogP contribution in [0, 0.1) is 0 Å². The van der Waals surface area contributed by atoms with Crippen molar-refractivity contribution in [1.29, 1.82) is 0 Å². The average Bonchev–Trinajstić information content (AvgIpc) is 2.72. The summed E-state index contributed by atoms with van der Waals surface area (Å²) in [5, 5.41) is 6.64. The Balaban J connectivity index is 1.74. The molecule has 2 aromatic carbocycles. The normalized spacial score (nSPS) is 16.1. The molecule has 1 aliphatic heterocycles. The number of ether oxygens (including phenoxy) is 3. The van der Waals surface area contributed by atoms with Gasteiger partial charge in [-0.3, -0.25) is 4.99 Å². The lowest BCUT2D eigenvalue weighted by Gasteiger charge is -2.25. The van der Waals surface area contributed by atoms with E-state index < -0.39 is 0 Å². The SMILES string of the molecule is CCNC(=NCC1CCOc2ccccc21)Nc1ccc(OC)c(OC)c1. The Kier molecular flexibility index (Phi) is 6.41. The second kappa shape index (κ2) is 9.16. The van der Waals surface area contributed by atoms with E-state index in [1.165, 1.54) is 5.56 Å². The summed E-state index contributed by atoms with van der Waals surface area (Å²) in [6, 6.07) is 13.9. The number of anilines is 1. The zero-order valence-corrected chi connectivity index (χ0v) is 16.1. The second-order valence-corrected chi connectivity index (χ2v) is 6.29. The van der Waals surface area contributed by atoms with Crippen LogP contribution in [0.15, 0.2) is 47.5 Å². The molecule has 0 bridgehead atoms. The largest absolute Gasteiger partial charge is 0.493 e. The van der Waals surface area contributed by atoms with Crippen LogP contribution in [0.4, 0.5) is 5.69 Å². The van der Waals surface area contributed by atoms with Crippen LogP contribution < -0.4 is 24.8 Å². The summed E-state index contributed by atoms with van der Waals surface area (Å²) in [4.78, 5) is 4.80. The molecule has 1 aliphatic rings. The summed E-state index contributed by atoms with van der Waals surface area (Å²) in [7, 11) is 3.26. The minimum atomic E-state index is 0.357. The molecule has 144 valence electrons. The summed E-state index contributed by atoms with van der Waals surface area (Å²) in [5.74, 6) is 3.45. The predicted molar refractivity (Wildman–Crippen MR) is 108 cm³/mol. The van der Waals surface area contributed by atoms with Gasteiger partial charge < -0.3 is 24.8 Å². The standard InChI is InChI=1S/C21H27N3O3/c1-4-22-21(24-16-9-10-19(25-2)20(13-16)26-3)23-14-15-11-12-27-18-8-6-5-7-17(15)18/h5-10,13,15H,4,11-12,14H2,1-3H3,(H2,22,23,24). The van der Waals surface area contributed by atoms with Gasteiger partial charge in [0.05, 0.1) is 20.8 Å². The van der Waals surface area contributed by atoms with Crippen molar-refractivity contribution in [2.75, 3.05) is 39.2 Å². The molecule has 0 fully saturated rings. The lowest BCUT2D eigenvalue weighted by molar-refractivity contribution is 0.269. The molecule has 27 heavy (non-hydrogen) atoms. The molecule has 0 radical (unpaired) electrons. The van der Waals surface area contributed by atoms with E-state index in [9.17, 15) is 0 Å². The molecule has 6 heteroatoms. The first-order valence-electron chi connectivity index (χ1n) is 9.24. The maximum atomic E-state index is 5.75. The molecule has 0 aliphatic carbocycles. The van der Waals surface area contributed by atoms with Crippen molar-refractivity contribution in [3.63, 3.8) is 0 Å². The van der Waals surface area contributed by atoms with E-state index in [0.717, 1.165) is 37.0 Å². The second-order valence-electron chi connectivity index (χ2n) is 6.29. The summed E-state index contributed by atoms with van der Waals surface area (Å²) < 4.78 is 16.4. The van der Waals surface area contributed by atoms with Crippen molar-refractivity contribution in [2.24, 2.45) is 4.99 Å². The Labute approximate surface area is 160 Å². The highest BCUT2D eigenvalue weighted by Crippen LogP contribution is 2.33. The molecule has 0 spiro atoms. The van der Waals surface area contributed by atoms with Crippen LogP contribution in [0.5, 0.6) is 17.2 Å². The third kappa shape index (κ3) is 4.64. The molecular weight excluding hydrogens is 342 g/mol. The molecule has 2 N–H and O–H groups in total. The van der Waals surface area contributed by atoms with Crippen molar-refractivity contribution in [3.05, 3.63) is 48.0 Å². The fourth-order valence-electron chi connectivity index (χ4n) is 3.16. The van der Waals surface area contributed by atoms with Gasteiger partial charge in [0, 0.05) is 30.8 Å². The predicted octanol–water partition coefficient (Wildman–Crippen LogP) is 3.65. The molecule has 1 atom stereocenters. The minimum absolute atomic E-state index is 0.357. The first-order chi connectivity index (χ1) is 13.2. The summed E-state index contributed by atoms with van der Waals surface area (Å²) >= 11 is 0. The third-order valence-corrected chi connectivity index (χ3v) is 4.54. The maximum absolute atomic E-state index is 5.75. The number of hydrogen-bond donors (Lipinski definition) is 2. The highest BCUT2D eigenvalue weighted by atomic mass is 16.5. The van der Waals surface area contributed by atoms with Gasteiger partial charge in [0.15, 0.2) is 17.5 Å². The third-order valence-electron chi connectivity index (χ3n) is 4.54. The van der Waals surface area contributed by atoms with E-state index in [1.807, 2.05) is 30.3 Å². The van der Waals surface area contributed by atoms with E-state index in [4.69, 9.17) is 19.2 Å². The van der Waals surface area contributed by atoms with Gasteiger partial charge >= 0.3 is 0 Å². The van der Waals surface area contributed by atoms with Gasteiger partial charge in [-0.2, -0.15) is 0 Å². The van der Waals surface area contributed by atoms with Gasteiger partial charge in [-0.25, -0.2) is 0 Å². The van der Waals surface area contributed by atoms with Crippen LogP contribution in [-0.2, 0) is 0 Å². The molecule has 1 heterocycles. The Morgan fingerprint density at radius 3 is 2.74 bits per heavy atom. The quantitative estimate of drug-likeness (QED) is 0.601. The zero-order chi connectivity index (χ0) is 19.1. The number of methoxy groups -OCH3 is 2. The van der Waals surface area contributed by atoms with Gasteiger partial charge in [0.25, 0.3) is 0 Å². The molecule has 0 aromatic heterocycles. The van der Waals surface area contributed by atoms with Crippen LogP contribution in [0.25, 0.3) is 0 Å². The fraction of sp³-hybridized carbons (Fsp3) is 0.381. The van der Waals surface area contributed by atoms with Crippen LogP contribution in [-0.4, -0.2) is 39.9 Å². The number of aliphatic imine (C=N–C) groups is 1. The number of fused-ring (bicyclic) bond motifs is 1. The molecule has 2 aromatic rings. The van der Waals surface area contributed by atoms with Gasteiger partial charge in [0.1, 0.15) is 5.75 Å². The summed E-state index contributed by atoms with van der Waals surface area (Å²) in [5.41, 5.74) is 2.12. The van der Waals surface area contributed by atoms with E-state index in [-0.39, 0.29) is 0 Å². The number of nitrogens with zero attached hydrogens (tertiary/aromatic N) is 1. The maximum Gasteiger partial charge on any atom is 0.195 e. The molecule has 3 rings (SSSR count). The molecule has 1 unspecified atom stereocenters. The summed E-state index contributed by atoms with van der Waals surface area (Å²) in [6.45, 7) is 4.26. The van der Waals surface area contributed by atoms with E-state index in [2.05, 4.69) is 29.7 Å². The van der Waals surface area contributed by atoms with Crippen LogP contribution in [0.1, 0.15) is 24.8 Å². The Morgan fingerprint density at radius 1 is 1.15 bits per heavy atom. The van der Waals surface area contributed by atoms with Crippen LogP contribution in [0.3, 0.4) is 0 Å². The molecule has 0 amide bonds. The number of para-hydroxylation sites is 1. The van der Waals surface area contributed by atoms with Gasteiger partial charge in [-0.1, -0.05) is 18.2 Å². The first-order valence-corrected chi connectivity index (χ1v) is 9.24. The number of benzene rings is 2. The minimum Gasteiger partial charge on any atom is -0.493 e. The van der Waals surface area contributed by atoms with Crippen LogP contribution in [0.2, 0.25) is 0 Å². The van der Waals surface area contributed by atoms with Crippen molar-refractivity contribution < 1.29 is 14.2 Å². The van der Waals surface area contributed by atoms with Gasteiger partial charge in [-0.15, -0.1) is 0 Å². The van der Waals surface area contributed by atoms with Crippen LogP contribution >= 0.6 is 0 Å². The van der Waals surface area contributed by atoms with Gasteiger partial charge in [0.2, 0.25) is 0 Å². The van der Waals surface area contributed by atoms with Gasteiger partial charge in [-0.05, 0) is 37.1 Å². The first kappa shape index (κ1) is 18.9. The Hall–Kier alpha value is -2.89.